The lowest BCUT2D eigenvalue weighted by Gasteiger charge is -2.30. The van der Waals surface area contributed by atoms with Crippen LogP contribution in [0.4, 0.5) is 0 Å². The molecule has 34 heavy (non-hydrogen) atoms. The van der Waals surface area contributed by atoms with Crippen LogP contribution in [0.3, 0.4) is 0 Å². The van der Waals surface area contributed by atoms with Gasteiger partial charge < -0.3 is 23.7 Å². The third-order valence-electron chi connectivity index (χ3n) is 5.67. The average molecular weight is 492 g/mol. The highest BCUT2D eigenvalue weighted by Crippen LogP contribution is 2.34. The number of esters is 1. The highest BCUT2D eigenvalue weighted by Gasteiger charge is 2.33. The summed E-state index contributed by atoms with van der Waals surface area (Å²) >= 11 is 0. The maximum atomic E-state index is 13.0. The molecule has 9 nitrogen and oxygen atoms in total. The molecular formula is C24H29NO8S. The smallest absolute Gasteiger partial charge is 0.309 e. The summed E-state index contributed by atoms with van der Waals surface area (Å²) in [6.07, 6.45) is 0.810. The van der Waals surface area contributed by atoms with Crippen LogP contribution in [0.5, 0.6) is 23.0 Å². The van der Waals surface area contributed by atoms with Crippen LogP contribution in [0.15, 0.2) is 47.4 Å². The van der Waals surface area contributed by atoms with Crippen LogP contribution in [0.2, 0.25) is 0 Å². The first-order chi connectivity index (χ1) is 16.5. The first-order valence-electron chi connectivity index (χ1n) is 11.4. The first-order valence-corrected chi connectivity index (χ1v) is 12.8. The zero-order valence-electron chi connectivity index (χ0n) is 19.1. The minimum absolute atomic E-state index is 0.127. The molecule has 1 fully saturated rings. The second kappa shape index (κ2) is 11.0. The van der Waals surface area contributed by atoms with Crippen molar-refractivity contribution in [3.63, 3.8) is 0 Å². The van der Waals surface area contributed by atoms with Crippen LogP contribution >= 0.6 is 0 Å². The maximum Gasteiger partial charge on any atom is 0.309 e. The zero-order valence-corrected chi connectivity index (χ0v) is 19.9. The standard InChI is InChI=1S/C24H29NO8S/c1-2-29-19-3-5-20(6-4-19)30-13-16-33-24(26)18-9-11-25(12-10-18)34(27,28)21-7-8-22-23(17-21)32-15-14-31-22/h3-8,17-18H,2,9-16H2,1H3. The highest BCUT2D eigenvalue weighted by molar-refractivity contribution is 7.89. The summed E-state index contributed by atoms with van der Waals surface area (Å²) in [5.74, 6) is 1.74. The van der Waals surface area contributed by atoms with Gasteiger partial charge in [0.2, 0.25) is 10.0 Å². The Kier molecular flexibility index (Phi) is 7.79. The molecule has 0 spiro atoms. The molecule has 2 aliphatic heterocycles. The molecule has 0 N–H and O–H groups in total. The number of nitrogens with zero attached hydrogens (tertiary/aromatic N) is 1. The molecule has 1 saturated heterocycles. The molecule has 2 aliphatic rings. The van der Waals surface area contributed by atoms with E-state index in [9.17, 15) is 13.2 Å². The summed E-state index contributed by atoms with van der Waals surface area (Å²) in [7, 11) is -3.69. The van der Waals surface area contributed by atoms with Gasteiger partial charge in [0.1, 0.15) is 37.9 Å². The van der Waals surface area contributed by atoms with E-state index >= 15 is 0 Å². The molecule has 2 aromatic rings. The number of hydrogen-bond acceptors (Lipinski definition) is 8. The summed E-state index contributed by atoms with van der Waals surface area (Å²) < 4.78 is 54.8. The van der Waals surface area contributed by atoms with E-state index in [1.165, 1.54) is 16.4 Å². The monoisotopic (exact) mass is 491 g/mol. The van der Waals surface area contributed by atoms with Crippen molar-refractivity contribution < 1.29 is 36.9 Å². The van der Waals surface area contributed by atoms with Gasteiger partial charge >= 0.3 is 5.97 Å². The summed E-state index contributed by atoms with van der Waals surface area (Å²) in [6.45, 7) is 4.20. The topological polar surface area (TPSA) is 101 Å². The Labute approximate surface area is 199 Å². The third kappa shape index (κ3) is 5.74. The van der Waals surface area contributed by atoms with Crippen molar-refractivity contribution in [3.05, 3.63) is 42.5 Å². The number of fused-ring (bicyclic) bond motifs is 1. The Hall–Kier alpha value is -2.98. The van der Waals surface area contributed by atoms with Gasteiger partial charge in [0.25, 0.3) is 0 Å². The van der Waals surface area contributed by atoms with Crippen molar-refractivity contribution in [1.82, 2.24) is 4.31 Å². The third-order valence-corrected chi connectivity index (χ3v) is 7.56. The second-order valence-electron chi connectivity index (χ2n) is 7.90. The maximum absolute atomic E-state index is 13.0. The molecule has 0 atom stereocenters. The van der Waals surface area contributed by atoms with Crippen LogP contribution < -0.4 is 18.9 Å². The van der Waals surface area contributed by atoms with Gasteiger partial charge in [0.05, 0.1) is 17.4 Å². The van der Waals surface area contributed by atoms with E-state index in [1.54, 1.807) is 18.2 Å². The van der Waals surface area contributed by atoms with Gasteiger partial charge in [-0.25, -0.2) is 8.42 Å². The fourth-order valence-electron chi connectivity index (χ4n) is 3.88. The van der Waals surface area contributed by atoms with Gasteiger partial charge in [-0.05, 0) is 56.2 Å². The first kappa shape index (κ1) is 24.2. The van der Waals surface area contributed by atoms with E-state index in [-0.39, 0.29) is 43.1 Å². The molecule has 2 heterocycles. The zero-order chi connectivity index (χ0) is 24.0. The highest BCUT2D eigenvalue weighted by atomic mass is 32.2. The normalized spacial score (nSPS) is 16.6. The Morgan fingerprint density at radius 2 is 1.59 bits per heavy atom. The Balaban J connectivity index is 1.22. The van der Waals surface area contributed by atoms with Gasteiger partial charge in [0, 0.05) is 19.2 Å². The van der Waals surface area contributed by atoms with Gasteiger partial charge in [-0.15, -0.1) is 0 Å². The molecule has 0 saturated carbocycles. The van der Waals surface area contributed by atoms with E-state index in [0.717, 1.165) is 5.75 Å². The number of hydrogen-bond donors (Lipinski definition) is 0. The molecule has 184 valence electrons. The number of piperidine rings is 1. The summed E-state index contributed by atoms with van der Waals surface area (Å²) in [6, 6.07) is 11.9. The number of benzene rings is 2. The molecule has 4 rings (SSSR count). The lowest BCUT2D eigenvalue weighted by Crippen LogP contribution is -2.40. The van der Waals surface area contributed by atoms with Crippen LogP contribution in [0.1, 0.15) is 19.8 Å². The minimum Gasteiger partial charge on any atom is -0.494 e. The van der Waals surface area contributed by atoms with Crippen molar-refractivity contribution in [1.29, 1.82) is 0 Å². The van der Waals surface area contributed by atoms with E-state index in [0.29, 0.717) is 49.9 Å². The number of ether oxygens (including phenoxy) is 5. The van der Waals surface area contributed by atoms with Crippen molar-refractivity contribution in [2.45, 2.75) is 24.7 Å². The van der Waals surface area contributed by atoms with Crippen molar-refractivity contribution >= 4 is 16.0 Å². The SMILES string of the molecule is CCOc1ccc(OCCOC(=O)C2CCN(S(=O)(=O)c3ccc4c(c3)OCCO4)CC2)cc1. The largest absolute Gasteiger partial charge is 0.494 e. The summed E-state index contributed by atoms with van der Waals surface area (Å²) in [5.41, 5.74) is 0. The average Bonchev–Trinajstić information content (AvgIpc) is 2.87. The van der Waals surface area contributed by atoms with Crippen LogP contribution in [0, 0.1) is 5.92 Å². The predicted molar refractivity (Wildman–Crippen MR) is 123 cm³/mol. The van der Waals surface area contributed by atoms with Crippen LogP contribution in [-0.4, -0.2) is 64.8 Å². The van der Waals surface area contributed by atoms with E-state index < -0.39 is 10.0 Å². The molecule has 0 aromatic heterocycles. The predicted octanol–water partition coefficient (Wildman–Crippen LogP) is 2.88. The van der Waals surface area contributed by atoms with Crippen molar-refractivity contribution in [2.24, 2.45) is 5.92 Å². The van der Waals surface area contributed by atoms with Gasteiger partial charge in [0.15, 0.2) is 11.5 Å². The minimum atomic E-state index is -3.69. The van der Waals surface area contributed by atoms with Gasteiger partial charge in [-0.1, -0.05) is 0 Å². The van der Waals surface area contributed by atoms with E-state index in [2.05, 4.69) is 0 Å². The number of rotatable bonds is 9. The molecule has 0 aliphatic carbocycles. The Bertz CT molecular complexity index is 1080. The lowest BCUT2D eigenvalue weighted by molar-refractivity contribution is -0.150. The van der Waals surface area contributed by atoms with Gasteiger partial charge in [-0.3, -0.25) is 4.79 Å². The lowest BCUT2D eigenvalue weighted by atomic mass is 9.98. The quantitative estimate of drug-likeness (QED) is 0.390. The molecule has 0 bridgehead atoms. The summed E-state index contributed by atoms with van der Waals surface area (Å²) in [4.78, 5) is 12.6. The molecule has 2 aromatic carbocycles. The van der Waals surface area contributed by atoms with Gasteiger partial charge in [-0.2, -0.15) is 4.31 Å². The number of sulfonamides is 1. The molecule has 0 radical (unpaired) electrons. The van der Waals surface area contributed by atoms with Crippen LogP contribution in [0.25, 0.3) is 0 Å². The van der Waals surface area contributed by atoms with E-state index in [1.807, 2.05) is 19.1 Å². The Morgan fingerprint density at radius 1 is 0.941 bits per heavy atom. The van der Waals surface area contributed by atoms with Crippen molar-refractivity contribution in [3.8, 4) is 23.0 Å². The molecule has 0 amide bonds. The molecule has 10 heteroatoms. The van der Waals surface area contributed by atoms with Crippen LogP contribution in [-0.2, 0) is 19.6 Å². The summed E-state index contributed by atoms with van der Waals surface area (Å²) in [5, 5.41) is 0. The molecular weight excluding hydrogens is 462 g/mol. The second-order valence-corrected chi connectivity index (χ2v) is 9.84. The Morgan fingerprint density at radius 3 is 2.26 bits per heavy atom. The molecule has 0 unspecified atom stereocenters. The fraction of sp³-hybridized carbons (Fsp3) is 0.458. The number of carbonyl (C=O) groups is 1. The number of carbonyl (C=O) groups excluding carboxylic acids is 1. The van der Waals surface area contributed by atoms with E-state index in [4.69, 9.17) is 23.7 Å². The fourth-order valence-corrected chi connectivity index (χ4v) is 5.37. The van der Waals surface area contributed by atoms with Crippen molar-refractivity contribution in [2.75, 3.05) is 46.1 Å².